The highest BCUT2D eigenvalue weighted by atomic mass is 32.2. The molecule has 0 radical (unpaired) electrons. The van der Waals surface area contributed by atoms with Crippen LogP contribution in [-0.2, 0) is 4.18 Å². The van der Waals surface area contributed by atoms with Gasteiger partial charge in [-0.15, -0.1) is 0 Å². The Bertz CT molecular complexity index is 274. The number of hydrogen-bond donors (Lipinski definition) is 1. The van der Waals surface area contributed by atoms with E-state index in [9.17, 15) is 0 Å². The first kappa shape index (κ1) is 8.80. The molecule has 0 bridgehead atoms. The summed E-state index contributed by atoms with van der Waals surface area (Å²) in [5.74, 6) is 0.0330. The van der Waals surface area contributed by atoms with Crippen LogP contribution >= 0.6 is 12.0 Å². The molecule has 1 aromatic rings. The Balaban J connectivity index is 2.43. The summed E-state index contributed by atoms with van der Waals surface area (Å²) in [4.78, 5) is 3.99. The molecule has 0 aromatic carbocycles. The number of aromatic nitrogens is 1. The van der Waals surface area contributed by atoms with Crippen molar-refractivity contribution < 1.29 is 4.18 Å². The lowest BCUT2D eigenvalue weighted by Gasteiger charge is -1.98. The largest absolute Gasteiger partial charge is 0.400 e. The van der Waals surface area contributed by atoms with Gasteiger partial charge in [0.2, 0.25) is 5.90 Å². The minimum atomic E-state index is 0.0330. The van der Waals surface area contributed by atoms with Crippen molar-refractivity contribution in [1.29, 1.82) is 5.41 Å². The molecule has 0 atom stereocenters. The van der Waals surface area contributed by atoms with E-state index in [-0.39, 0.29) is 5.90 Å². The Morgan fingerprint density at radius 2 is 2.50 bits per heavy atom. The highest BCUT2D eigenvalue weighted by molar-refractivity contribution is 7.95. The van der Waals surface area contributed by atoms with Crippen LogP contribution in [0.15, 0.2) is 42.1 Å². The average molecular weight is 180 g/mol. The molecule has 0 fully saturated rings. The number of rotatable bonds is 3. The van der Waals surface area contributed by atoms with E-state index >= 15 is 0 Å². The van der Waals surface area contributed by atoms with Crippen LogP contribution in [0, 0.1) is 5.41 Å². The molecular weight excluding hydrogens is 172 g/mol. The minimum absolute atomic E-state index is 0.0330. The number of pyridine rings is 1. The van der Waals surface area contributed by atoms with Crippen LogP contribution in [0.5, 0.6) is 0 Å². The van der Waals surface area contributed by atoms with E-state index in [1.165, 1.54) is 6.08 Å². The molecule has 0 aliphatic rings. The Labute approximate surface area is 75.2 Å². The normalized spacial score (nSPS) is 9.00. The summed E-state index contributed by atoms with van der Waals surface area (Å²) in [6, 6.07) is 5.49. The fourth-order valence-corrected chi connectivity index (χ4v) is 0.999. The first-order valence-electron chi connectivity index (χ1n) is 3.29. The zero-order chi connectivity index (χ0) is 8.81. The monoisotopic (exact) mass is 180 g/mol. The quantitative estimate of drug-likeness (QED) is 0.441. The molecule has 0 unspecified atom stereocenters. The molecular formula is C8H8N2OS. The van der Waals surface area contributed by atoms with E-state index in [1.54, 1.807) is 12.3 Å². The maximum absolute atomic E-state index is 7.10. The van der Waals surface area contributed by atoms with Crippen molar-refractivity contribution >= 4 is 17.9 Å². The Kier molecular flexibility index (Phi) is 3.35. The van der Waals surface area contributed by atoms with Crippen LogP contribution in [0.4, 0.5) is 0 Å². The van der Waals surface area contributed by atoms with E-state index < -0.39 is 0 Å². The summed E-state index contributed by atoms with van der Waals surface area (Å²) in [6.07, 6.45) is 3.00. The Morgan fingerprint density at radius 1 is 1.67 bits per heavy atom. The predicted molar refractivity (Wildman–Crippen MR) is 49.1 cm³/mol. The third-order valence-corrected chi connectivity index (χ3v) is 1.72. The van der Waals surface area contributed by atoms with Gasteiger partial charge in [-0.25, -0.2) is 4.98 Å². The third-order valence-electron chi connectivity index (χ3n) is 1.04. The lowest BCUT2D eigenvalue weighted by molar-refractivity contribution is 0.641. The van der Waals surface area contributed by atoms with Crippen molar-refractivity contribution in [2.75, 3.05) is 0 Å². The molecule has 0 amide bonds. The van der Waals surface area contributed by atoms with E-state index in [2.05, 4.69) is 11.6 Å². The highest BCUT2D eigenvalue weighted by Crippen LogP contribution is 2.15. The van der Waals surface area contributed by atoms with Crippen LogP contribution in [0.3, 0.4) is 0 Å². The van der Waals surface area contributed by atoms with Crippen LogP contribution in [0.1, 0.15) is 0 Å². The van der Waals surface area contributed by atoms with E-state index in [1.807, 2.05) is 12.1 Å². The van der Waals surface area contributed by atoms with Gasteiger partial charge in [-0.05, 0) is 18.2 Å². The standard InChI is InChI=1S/C8H8N2OS/c1-2-7(9)11-12-8-5-3-4-6-10-8/h2-6,9H,1H2. The van der Waals surface area contributed by atoms with Crippen LogP contribution in [0.2, 0.25) is 0 Å². The van der Waals surface area contributed by atoms with Gasteiger partial charge >= 0.3 is 0 Å². The second-order valence-electron chi connectivity index (χ2n) is 1.90. The number of nitrogens with one attached hydrogen (secondary N) is 1. The van der Waals surface area contributed by atoms with Crippen molar-refractivity contribution in [3.05, 3.63) is 37.1 Å². The van der Waals surface area contributed by atoms with Crippen molar-refractivity contribution in [3.8, 4) is 0 Å². The maximum atomic E-state index is 7.10. The molecule has 4 heteroatoms. The molecule has 12 heavy (non-hydrogen) atoms. The van der Waals surface area contributed by atoms with Gasteiger partial charge in [0.1, 0.15) is 17.1 Å². The first-order valence-corrected chi connectivity index (χ1v) is 4.03. The van der Waals surface area contributed by atoms with E-state index in [0.717, 1.165) is 17.1 Å². The van der Waals surface area contributed by atoms with Crippen LogP contribution in [0.25, 0.3) is 0 Å². The van der Waals surface area contributed by atoms with Crippen molar-refractivity contribution in [1.82, 2.24) is 4.98 Å². The molecule has 0 saturated heterocycles. The molecule has 0 saturated carbocycles. The summed E-state index contributed by atoms with van der Waals surface area (Å²) in [5, 5.41) is 7.82. The summed E-state index contributed by atoms with van der Waals surface area (Å²) in [7, 11) is 0. The number of nitrogens with zero attached hydrogens (tertiary/aromatic N) is 1. The second-order valence-corrected chi connectivity index (χ2v) is 2.65. The maximum Gasteiger partial charge on any atom is 0.220 e. The molecule has 0 aliphatic carbocycles. The summed E-state index contributed by atoms with van der Waals surface area (Å²) >= 11 is 1.05. The third kappa shape index (κ3) is 2.75. The lowest BCUT2D eigenvalue weighted by atomic mass is 10.5. The molecule has 1 rings (SSSR count). The zero-order valence-electron chi connectivity index (χ0n) is 6.36. The summed E-state index contributed by atoms with van der Waals surface area (Å²) < 4.78 is 4.90. The van der Waals surface area contributed by atoms with Gasteiger partial charge < -0.3 is 4.18 Å². The van der Waals surface area contributed by atoms with E-state index in [0.29, 0.717) is 0 Å². The minimum Gasteiger partial charge on any atom is -0.400 e. The molecule has 1 aromatic heterocycles. The van der Waals surface area contributed by atoms with Gasteiger partial charge in [-0.3, -0.25) is 5.41 Å². The molecule has 0 aliphatic heterocycles. The van der Waals surface area contributed by atoms with Crippen LogP contribution in [-0.4, -0.2) is 10.9 Å². The van der Waals surface area contributed by atoms with Gasteiger partial charge in [0.25, 0.3) is 0 Å². The van der Waals surface area contributed by atoms with Crippen molar-refractivity contribution in [3.63, 3.8) is 0 Å². The average Bonchev–Trinajstić information content (AvgIpc) is 2.16. The van der Waals surface area contributed by atoms with Crippen molar-refractivity contribution in [2.45, 2.75) is 5.03 Å². The Morgan fingerprint density at radius 3 is 3.08 bits per heavy atom. The zero-order valence-corrected chi connectivity index (χ0v) is 7.17. The predicted octanol–water partition coefficient (Wildman–Crippen LogP) is 2.27. The lowest BCUT2D eigenvalue weighted by Crippen LogP contribution is -1.90. The highest BCUT2D eigenvalue weighted by Gasteiger charge is 1.96. The first-order chi connectivity index (χ1) is 5.83. The fourth-order valence-electron chi connectivity index (χ4n) is 0.518. The smallest absolute Gasteiger partial charge is 0.220 e. The second kappa shape index (κ2) is 4.56. The van der Waals surface area contributed by atoms with Gasteiger partial charge in [0.05, 0.1) is 0 Å². The SMILES string of the molecule is C=CC(=N)OSc1ccccn1. The molecule has 3 nitrogen and oxygen atoms in total. The van der Waals surface area contributed by atoms with E-state index in [4.69, 9.17) is 9.59 Å². The molecule has 0 spiro atoms. The van der Waals surface area contributed by atoms with Gasteiger partial charge in [-0.2, -0.15) is 0 Å². The molecule has 1 N–H and O–H groups in total. The summed E-state index contributed by atoms with van der Waals surface area (Å²) in [6.45, 7) is 3.39. The van der Waals surface area contributed by atoms with Gasteiger partial charge in [-0.1, -0.05) is 12.6 Å². The summed E-state index contributed by atoms with van der Waals surface area (Å²) in [5.41, 5.74) is 0. The molecule has 1 heterocycles. The Hall–Kier alpha value is -1.29. The molecule has 62 valence electrons. The topological polar surface area (TPSA) is 46.0 Å². The van der Waals surface area contributed by atoms with Gasteiger partial charge in [0.15, 0.2) is 0 Å². The number of hydrogen-bond acceptors (Lipinski definition) is 4. The van der Waals surface area contributed by atoms with Crippen LogP contribution < -0.4 is 0 Å². The van der Waals surface area contributed by atoms with Gasteiger partial charge in [0, 0.05) is 6.20 Å². The fraction of sp³-hybridized carbons (Fsp3) is 0. The van der Waals surface area contributed by atoms with Crippen molar-refractivity contribution in [2.24, 2.45) is 0 Å².